The van der Waals surface area contributed by atoms with Gasteiger partial charge in [0.15, 0.2) is 0 Å². The van der Waals surface area contributed by atoms with Crippen molar-refractivity contribution in [1.82, 2.24) is 9.55 Å². The molecule has 40 heavy (non-hydrogen) atoms. The third-order valence-corrected chi connectivity index (χ3v) is 7.54. The van der Waals surface area contributed by atoms with Crippen LogP contribution >= 0.6 is 0 Å². The number of nitrogens with zero attached hydrogens (tertiary/aromatic N) is 1. The molecule has 1 aromatic heterocycles. The van der Waals surface area contributed by atoms with E-state index in [0.717, 1.165) is 22.9 Å². The molecule has 1 saturated heterocycles. The molecule has 208 valence electrons. The van der Waals surface area contributed by atoms with Gasteiger partial charge in [0.05, 0.1) is 12.9 Å². The van der Waals surface area contributed by atoms with Crippen LogP contribution in [0, 0.1) is 6.92 Å². The van der Waals surface area contributed by atoms with Crippen molar-refractivity contribution in [2.24, 2.45) is 0 Å². The molecule has 3 aromatic carbocycles. The van der Waals surface area contributed by atoms with E-state index in [-0.39, 0.29) is 13.0 Å². The van der Waals surface area contributed by atoms with Crippen molar-refractivity contribution in [2.45, 2.75) is 37.4 Å². The quantitative estimate of drug-likeness (QED) is 0.245. The summed E-state index contributed by atoms with van der Waals surface area (Å²) in [5, 5.41) is 0. The van der Waals surface area contributed by atoms with Crippen LogP contribution in [0.25, 0.3) is 0 Å². The van der Waals surface area contributed by atoms with Gasteiger partial charge in [0.25, 0.3) is 15.7 Å². The second kappa shape index (κ2) is 11.3. The maximum Gasteiger partial charge on any atom is 0.330 e. The molecule has 1 N–H and O–H groups in total. The van der Waals surface area contributed by atoms with Crippen molar-refractivity contribution >= 4 is 10.1 Å². The molecule has 1 aliphatic heterocycles. The van der Waals surface area contributed by atoms with Gasteiger partial charge < -0.3 is 9.47 Å². The normalized spacial score (nSPS) is 19.5. The zero-order valence-corrected chi connectivity index (χ0v) is 22.9. The predicted octanol–water partition coefficient (Wildman–Crippen LogP) is 3.49. The highest BCUT2D eigenvalue weighted by Crippen LogP contribution is 2.42. The minimum Gasteiger partial charge on any atom is -0.358 e. The van der Waals surface area contributed by atoms with Gasteiger partial charge in [-0.25, -0.2) is 4.79 Å². The van der Waals surface area contributed by atoms with E-state index in [0.29, 0.717) is 5.56 Å². The molecular weight excluding hydrogens is 532 g/mol. The van der Waals surface area contributed by atoms with E-state index in [1.54, 1.807) is 6.92 Å². The first kappa shape index (κ1) is 27.7. The van der Waals surface area contributed by atoms with E-state index in [1.807, 2.05) is 91.0 Å². The lowest BCUT2D eigenvalue weighted by atomic mass is 9.80. The molecule has 3 atom stereocenters. The molecule has 0 saturated carbocycles. The van der Waals surface area contributed by atoms with Crippen LogP contribution in [0.2, 0.25) is 0 Å². The molecule has 5 rings (SSSR count). The van der Waals surface area contributed by atoms with Gasteiger partial charge in [0, 0.05) is 18.2 Å². The zero-order chi connectivity index (χ0) is 28.3. The van der Waals surface area contributed by atoms with Crippen molar-refractivity contribution in [3.8, 4) is 0 Å². The number of aromatic amines is 1. The smallest absolute Gasteiger partial charge is 0.330 e. The number of benzene rings is 3. The van der Waals surface area contributed by atoms with Crippen LogP contribution in [0.1, 0.15) is 34.9 Å². The summed E-state index contributed by atoms with van der Waals surface area (Å²) in [6.07, 6.45) is -0.232. The number of rotatable bonds is 9. The SMILES string of the molecule is Cc1cn([C@@H]2C[C@@H](OS(C)(=O)=O)[C@H](COC(c3ccccc3)(c3ccccc3)c3ccccc3)O2)c(=O)[nH]c1=O. The second-order valence-electron chi connectivity index (χ2n) is 9.77. The highest BCUT2D eigenvalue weighted by molar-refractivity contribution is 7.86. The van der Waals surface area contributed by atoms with Crippen LogP contribution in [0.15, 0.2) is 107 Å². The second-order valence-corrected chi connectivity index (χ2v) is 11.4. The first-order valence-corrected chi connectivity index (χ1v) is 14.7. The van der Waals surface area contributed by atoms with Gasteiger partial charge in [-0.1, -0.05) is 91.0 Å². The van der Waals surface area contributed by atoms with Crippen LogP contribution in [-0.4, -0.2) is 43.0 Å². The number of aryl methyl sites for hydroxylation is 1. The van der Waals surface area contributed by atoms with Gasteiger partial charge >= 0.3 is 5.69 Å². The largest absolute Gasteiger partial charge is 0.358 e. The summed E-state index contributed by atoms with van der Waals surface area (Å²) < 4.78 is 44.0. The molecule has 10 heteroatoms. The third-order valence-electron chi connectivity index (χ3n) is 6.94. The average Bonchev–Trinajstić information content (AvgIpc) is 3.33. The van der Waals surface area contributed by atoms with Crippen LogP contribution in [0.4, 0.5) is 0 Å². The summed E-state index contributed by atoms with van der Waals surface area (Å²) >= 11 is 0. The average molecular weight is 563 g/mol. The molecule has 1 aliphatic rings. The van der Waals surface area contributed by atoms with Crippen molar-refractivity contribution in [2.75, 3.05) is 12.9 Å². The lowest BCUT2D eigenvalue weighted by molar-refractivity contribution is -0.0910. The molecule has 4 aromatic rings. The van der Waals surface area contributed by atoms with E-state index in [1.165, 1.54) is 10.8 Å². The van der Waals surface area contributed by atoms with E-state index < -0.39 is 45.4 Å². The van der Waals surface area contributed by atoms with E-state index >= 15 is 0 Å². The Morgan fingerprint density at radius 2 is 1.40 bits per heavy atom. The highest BCUT2D eigenvalue weighted by atomic mass is 32.2. The Balaban J connectivity index is 1.56. The molecule has 0 spiro atoms. The fourth-order valence-electron chi connectivity index (χ4n) is 5.12. The Morgan fingerprint density at radius 1 is 0.900 bits per heavy atom. The minimum absolute atomic E-state index is 0.0570. The summed E-state index contributed by atoms with van der Waals surface area (Å²) in [5.41, 5.74) is 0.709. The fourth-order valence-corrected chi connectivity index (χ4v) is 5.77. The third kappa shape index (κ3) is 5.71. The Bertz CT molecular complexity index is 1570. The van der Waals surface area contributed by atoms with Crippen molar-refractivity contribution in [1.29, 1.82) is 0 Å². The molecule has 0 radical (unpaired) electrons. The molecule has 0 bridgehead atoms. The predicted molar refractivity (Wildman–Crippen MR) is 149 cm³/mol. The number of H-pyrrole nitrogens is 1. The molecule has 0 amide bonds. The minimum atomic E-state index is -3.86. The Kier molecular flexibility index (Phi) is 7.86. The monoisotopic (exact) mass is 562 g/mol. The van der Waals surface area contributed by atoms with E-state index in [9.17, 15) is 18.0 Å². The summed E-state index contributed by atoms with van der Waals surface area (Å²) in [7, 11) is -3.86. The van der Waals surface area contributed by atoms with Crippen molar-refractivity contribution < 1.29 is 22.1 Å². The fraction of sp³-hybridized carbons (Fsp3) is 0.267. The van der Waals surface area contributed by atoms with Crippen LogP contribution in [-0.2, 0) is 29.4 Å². The molecule has 1 fully saturated rings. The highest BCUT2D eigenvalue weighted by Gasteiger charge is 2.44. The summed E-state index contributed by atoms with van der Waals surface area (Å²) in [4.78, 5) is 26.8. The van der Waals surface area contributed by atoms with Gasteiger partial charge in [0.1, 0.15) is 24.0 Å². The number of nitrogens with one attached hydrogen (secondary N) is 1. The molecule has 9 nitrogen and oxygen atoms in total. The number of hydrogen-bond acceptors (Lipinski definition) is 7. The Morgan fingerprint density at radius 3 is 1.88 bits per heavy atom. The van der Waals surface area contributed by atoms with Gasteiger partial charge in [-0.05, 0) is 23.6 Å². The topological polar surface area (TPSA) is 117 Å². The van der Waals surface area contributed by atoms with Crippen LogP contribution in [0.3, 0.4) is 0 Å². The van der Waals surface area contributed by atoms with Crippen LogP contribution in [0.5, 0.6) is 0 Å². The van der Waals surface area contributed by atoms with Gasteiger partial charge in [0.2, 0.25) is 0 Å². The maximum atomic E-state index is 12.6. The van der Waals surface area contributed by atoms with Crippen molar-refractivity contribution in [3.05, 3.63) is 140 Å². The lowest BCUT2D eigenvalue weighted by Gasteiger charge is -2.37. The Hall–Kier alpha value is -3.83. The van der Waals surface area contributed by atoms with Crippen LogP contribution < -0.4 is 11.2 Å². The number of hydrogen-bond donors (Lipinski definition) is 1. The van der Waals surface area contributed by atoms with Gasteiger partial charge in [-0.15, -0.1) is 0 Å². The Labute approximate surface area is 232 Å². The number of aromatic nitrogens is 2. The van der Waals surface area contributed by atoms with E-state index in [4.69, 9.17) is 13.7 Å². The summed E-state index contributed by atoms with van der Waals surface area (Å²) in [5.74, 6) is 0. The van der Waals surface area contributed by atoms with Gasteiger partial charge in [-0.2, -0.15) is 8.42 Å². The first-order chi connectivity index (χ1) is 19.2. The zero-order valence-electron chi connectivity index (χ0n) is 22.1. The van der Waals surface area contributed by atoms with Gasteiger partial charge in [-0.3, -0.25) is 18.5 Å². The standard InChI is InChI=1S/C30H30N2O7S/c1-21-19-32(29(34)31-28(21)33)27-18-25(39-40(2,35)36)26(38-27)20-37-30(22-12-6-3-7-13-22,23-14-8-4-9-15-23)24-16-10-5-11-17-24/h3-17,19,25-27H,18,20H2,1-2H3,(H,31,33,34)/t25-,26+,27+/m1/s1. The summed E-state index contributed by atoms with van der Waals surface area (Å²) in [6.45, 7) is 1.51. The van der Waals surface area contributed by atoms with E-state index in [2.05, 4.69) is 4.98 Å². The maximum absolute atomic E-state index is 12.6. The van der Waals surface area contributed by atoms with Crippen molar-refractivity contribution in [3.63, 3.8) is 0 Å². The summed E-state index contributed by atoms with van der Waals surface area (Å²) in [6, 6.07) is 29.2. The molecule has 0 aliphatic carbocycles. The lowest BCUT2D eigenvalue weighted by Crippen LogP contribution is -2.39. The molecular formula is C30H30N2O7S. The number of ether oxygens (including phenoxy) is 2. The molecule has 2 heterocycles. The first-order valence-electron chi connectivity index (χ1n) is 12.8. The molecule has 0 unspecified atom stereocenters.